The van der Waals surface area contributed by atoms with Crippen molar-refractivity contribution >= 4 is 11.7 Å². The molecule has 0 aliphatic heterocycles. The van der Waals surface area contributed by atoms with Gasteiger partial charge in [0.1, 0.15) is 0 Å². The van der Waals surface area contributed by atoms with Crippen LogP contribution in [-0.4, -0.2) is 23.8 Å². The van der Waals surface area contributed by atoms with Crippen LogP contribution in [0, 0.1) is 6.92 Å². The molecule has 0 saturated heterocycles. The maximum Gasteiger partial charge on any atom is 0.389 e. The molecule has 0 radical (unpaired) electrons. The molecule has 0 atom stereocenters. The van der Waals surface area contributed by atoms with Crippen LogP contribution in [0.1, 0.15) is 35.2 Å². The van der Waals surface area contributed by atoms with Gasteiger partial charge < -0.3 is 10.4 Å². The molecule has 2 N–H and O–H groups in total. The van der Waals surface area contributed by atoms with E-state index in [9.17, 15) is 18.0 Å². The quantitative estimate of drug-likeness (QED) is 0.775. The van der Waals surface area contributed by atoms with Crippen LogP contribution in [0.2, 0.25) is 0 Å². The Morgan fingerprint density at radius 3 is 2.58 bits per heavy atom. The Hall–Kier alpha value is -1.72. The summed E-state index contributed by atoms with van der Waals surface area (Å²) in [7, 11) is 0. The molecule has 19 heavy (non-hydrogen) atoms. The third-order valence-electron chi connectivity index (χ3n) is 2.69. The van der Waals surface area contributed by atoms with Crippen LogP contribution < -0.4 is 5.32 Å². The number of unbranched alkanes of at least 4 members (excludes halogenated alkanes) is 1. The number of alkyl halides is 3. The Kier molecular flexibility index (Phi) is 5.20. The Bertz CT molecular complexity index is 444. The fraction of sp³-hybridized carbons (Fsp3) is 0.462. The van der Waals surface area contributed by atoms with E-state index in [-0.39, 0.29) is 12.0 Å². The highest BCUT2D eigenvalue weighted by Gasteiger charge is 2.25. The molecule has 6 heteroatoms. The van der Waals surface area contributed by atoms with Crippen LogP contribution in [0.25, 0.3) is 0 Å². The Morgan fingerprint density at radius 2 is 2.00 bits per heavy atom. The topological polar surface area (TPSA) is 49.3 Å². The number of rotatable bonds is 6. The number of carbonyl (C=O) groups is 1. The monoisotopic (exact) mass is 275 g/mol. The van der Waals surface area contributed by atoms with Crippen LogP contribution in [-0.2, 0) is 0 Å². The van der Waals surface area contributed by atoms with Crippen LogP contribution in [0.4, 0.5) is 18.9 Å². The number of aromatic carboxylic acids is 1. The van der Waals surface area contributed by atoms with Crippen molar-refractivity contribution in [2.24, 2.45) is 0 Å². The van der Waals surface area contributed by atoms with Gasteiger partial charge in [-0.2, -0.15) is 13.2 Å². The summed E-state index contributed by atoms with van der Waals surface area (Å²) in [4.78, 5) is 11.0. The predicted octanol–water partition coefficient (Wildman–Crippen LogP) is 3.84. The molecule has 1 rings (SSSR count). The lowest BCUT2D eigenvalue weighted by Crippen LogP contribution is -2.11. The number of anilines is 1. The number of halogens is 3. The van der Waals surface area contributed by atoms with Crippen molar-refractivity contribution in [3.63, 3.8) is 0 Å². The molecule has 0 aromatic heterocycles. The van der Waals surface area contributed by atoms with E-state index in [1.165, 1.54) is 6.07 Å². The van der Waals surface area contributed by atoms with E-state index in [1.54, 1.807) is 19.1 Å². The van der Waals surface area contributed by atoms with E-state index < -0.39 is 18.6 Å². The first-order valence-corrected chi connectivity index (χ1v) is 5.95. The first-order valence-electron chi connectivity index (χ1n) is 5.95. The smallest absolute Gasteiger partial charge is 0.389 e. The van der Waals surface area contributed by atoms with Gasteiger partial charge in [-0.3, -0.25) is 0 Å². The zero-order chi connectivity index (χ0) is 14.5. The lowest BCUT2D eigenvalue weighted by molar-refractivity contribution is -0.135. The maximum absolute atomic E-state index is 11.9. The number of carboxylic acids is 1. The predicted molar refractivity (Wildman–Crippen MR) is 66.5 cm³/mol. The normalized spacial score (nSPS) is 11.4. The molecule has 0 aliphatic carbocycles. The molecule has 3 nitrogen and oxygen atoms in total. The van der Waals surface area contributed by atoms with Crippen molar-refractivity contribution in [3.8, 4) is 0 Å². The van der Waals surface area contributed by atoms with Gasteiger partial charge in [0.15, 0.2) is 0 Å². The molecule has 1 aromatic rings. The van der Waals surface area contributed by atoms with Crippen LogP contribution in [0.15, 0.2) is 18.2 Å². The van der Waals surface area contributed by atoms with Gasteiger partial charge >= 0.3 is 12.1 Å². The Labute approximate surface area is 109 Å². The molecule has 0 amide bonds. The second-order valence-electron chi connectivity index (χ2n) is 4.30. The first kappa shape index (κ1) is 15.3. The fourth-order valence-electron chi connectivity index (χ4n) is 1.74. The number of nitrogens with one attached hydrogen (secondary N) is 1. The molecule has 0 unspecified atom stereocenters. The van der Waals surface area contributed by atoms with Crippen LogP contribution in [0.3, 0.4) is 0 Å². The molecule has 0 saturated carbocycles. The minimum absolute atomic E-state index is 0.0325. The van der Waals surface area contributed by atoms with Crippen molar-refractivity contribution in [1.29, 1.82) is 0 Å². The molecule has 0 aliphatic rings. The van der Waals surface area contributed by atoms with Crippen molar-refractivity contribution in [2.75, 3.05) is 11.9 Å². The number of para-hydroxylation sites is 1. The van der Waals surface area contributed by atoms with Crippen molar-refractivity contribution in [1.82, 2.24) is 0 Å². The summed E-state index contributed by atoms with van der Waals surface area (Å²) in [5, 5.41) is 11.9. The molecule has 0 bridgehead atoms. The molecule has 106 valence electrons. The molecular formula is C13H16F3NO2. The standard InChI is InChI=1S/C13H16F3NO2/c1-9-5-4-6-10(12(18)19)11(9)17-8-3-2-7-13(14,15)16/h4-6,17H,2-3,7-8H2,1H3,(H,18,19). The van der Waals surface area contributed by atoms with Crippen molar-refractivity contribution in [3.05, 3.63) is 29.3 Å². The number of hydrogen-bond acceptors (Lipinski definition) is 2. The molecule has 0 spiro atoms. The highest BCUT2D eigenvalue weighted by atomic mass is 19.4. The summed E-state index contributed by atoms with van der Waals surface area (Å²) >= 11 is 0. The Balaban J connectivity index is 2.52. The van der Waals surface area contributed by atoms with Gasteiger partial charge in [0.25, 0.3) is 0 Å². The third-order valence-corrected chi connectivity index (χ3v) is 2.69. The van der Waals surface area contributed by atoms with E-state index in [1.807, 2.05) is 0 Å². The van der Waals surface area contributed by atoms with Gasteiger partial charge in [0, 0.05) is 13.0 Å². The highest BCUT2D eigenvalue weighted by Crippen LogP contribution is 2.23. The second kappa shape index (κ2) is 6.45. The number of carboxylic acid groups (broad SMARTS) is 1. The SMILES string of the molecule is Cc1cccc(C(=O)O)c1NCCCCC(F)(F)F. The van der Waals surface area contributed by atoms with E-state index in [0.717, 1.165) is 5.56 Å². The van der Waals surface area contributed by atoms with Gasteiger partial charge in [0.05, 0.1) is 11.3 Å². The maximum atomic E-state index is 11.9. The average Bonchev–Trinajstić information content (AvgIpc) is 2.28. The van der Waals surface area contributed by atoms with Gasteiger partial charge in [-0.25, -0.2) is 4.79 Å². The lowest BCUT2D eigenvalue weighted by Gasteiger charge is -2.12. The third kappa shape index (κ3) is 5.19. The Morgan fingerprint density at radius 1 is 1.32 bits per heavy atom. The molecular weight excluding hydrogens is 259 g/mol. The van der Waals surface area contributed by atoms with Crippen molar-refractivity contribution < 1.29 is 23.1 Å². The minimum Gasteiger partial charge on any atom is -0.478 e. The summed E-state index contributed by atoms with van der Waals surface area (Å²) in [5.41, 5.74) is 1.37. The summed E-state index contributed by atoms with van der Waals surface area (Å²) in [5.74, 6) is -1.05. The highest BCUT2D eigenvalue weighted by molar-refractivity contribution is 5.95. The van der Waals surface area contributed by atoms with Crippen LogP contribution in [0.5, 0.6) is 0 Å². The zero-order valence-electron chi connectivity index (χ0n) is 10.5. The summed E-state index contributed by atoms with van der Waals surface area (Å²) in [6, 6.07) is 4.85. The summed E-state index contributed by atoms with van der Waals surface area (Å²) in [6.07, 6.45) is -4.57. The van der Waals surface area contributed by atoms with Crippen LogP contribution >= 0.6 is 0 Å². The lowest BCUT2D eigenvalue weighted by atomic mass is 10.1. The number of aryl methyl sites for hydroxylation is 1. The molecule has 0 heterocycles. The average molecular weight is 275 g/mol. The number of benzene rings is 1. The summed E-state index contributed by atoms with van der Waals surface area (Å²) in [6.45, 7) is 2.08. The van der Waals surface area contributed by atoms with Gasteiger partial charge in [-0.1, -0.05) is 12.1 Å². The van der Waals surface area contributed by atoms with Gasteiger partial charge in [-0.15, -0.1) is 0 Å². The minimum atomic E-state index is -4.13. The molecule has 1 aromatic carbocycles. The largest absolute Gasteiger partial charge is 0.478 e. The number of hydrogen-bond donors (Lipinski definition) is 2. The van der Waals surface area contributed by atoms with E-state index in [2.05, 4.69) is 5.32 Å². The van der Waals surface area contributed by atoms with E-state index in [0.29, 0.717) is 18.7 Å². The van der Waals surface area contributed by atoms with E-state index in [4.69, 9.17) is 5.11 Å². The summed E-state index contributed by atoms with van der Waals surface area (Å²) < 4.78 is 35.8. The van der Waals surface area contributed by atoms with Gasteiger partial charge in [-0.05, 0) is 31.4 Å². The van der Waals surface area contributed by atoms with Crippen molar-refractivity contribution in [2.45, 2.75) is 32.4 Å². The van der Waals surface area contributed by atoms with E-state index >= 15 is 0 Å². The first-order chi connectivity index (χ1) is 8.81. The molecule has 0 fully saturated rings. The fourth-order valence-corrected chi connectivity index (χ4v) is 1.74. The second-order valence-corrected chi connectivity index (χ2v) is 4.30. The van der Waals surface area contributed by atoms with Gasteiger partial charge in [0.2, 0.25) is 0 Å². The zero-order valence-corrected chi connectivity index (χ0v) is 10.5.